The molecule has 0 aliphatic carbocycles. The number of thioether (sulfide) groups is 1. The van der Waals surface area contributed by atoms with E-state index in [0.717, 1.165) is 37.6 Å². The van der Waals surface area contributed by atoms with Crippen molar-refractivity contribution in [2.75, 3.05) is 32.7 Å². The molecule has 1 unspecified atom stereocenters. The van der Waals surface area contributed by atoms with E-state index in [1.807, 2.05) is 24.3 Å². The van der Waals surface area contributed by atoms with Crippen LogP contribution in [0.1, 0.15) is 25.0 Å². The first kappa shape index (κ1) is 15.5. The van der Waals surface area contributed by atoms with Gasteiger partial charge in [-0.1, -0.05) is 12.1 Å². The standard InChI is InChI=1S/C14H22O3S/c1-12(15)13-4-6-14(7-5-13)18-11-10-17-9-3-8-16-2/h4-7,12,15H,3,8-11H2,1-2H3. The molecule has 0 aromatic heterocycles. The van der Waals surface area contributed by atoms with Gasteiger partial charge >= 0.3 is 0 Å². The summed E-state index contributed by atoms with van der Waals surface area (Å²) >= 11 is 1.77. The molecule has 0 aliphatic rings. The first-order valence-electron chi connectivity index (χ1n) is 6.21. The second-order valence-electron chi connectivity index (χ2n) is 4.05. The van der Waals surface area contributed by atoms with Crippen molar-refractivity contribution in [3.8, 4) is 0 Å². The molecular formula is C14H22O3S. The van der Waals surface area contributed by atoms with Gasteiger partial charge in [0.15, 0.2) is 0 Å². The number of benzene rings is 1. The van der Waals surface area contributed by atoms with Crippen molar-refractivity contribution in [2.45, 2.75) is 24.3 Å². The summed E-state index contributed by atoms with van der Waals surface area (Å²) in [7, 11) is 1.70. The first-order chi connectivity index (χ1) is 8.74. The molecule has 0 fully saturated rings. The molecule has 0 saturated heterocycles. The molecule has 1 rings (SSSR count). The average Bonchev–Trinajstić information content (AvgIpc) is 2.38. The van der Waals surface area contributed by atoms with Crippen LogP contribution in [0.2, 0.25) is 0 Å². The zero-order valence-electron chi connectivity index (χ0n) is 11.1. The maximum atomic E-state index is 9.39. The second-order valence-corrected chi connectivity index (χ2v) is 5.22. The van der Waals surface area contributed by atoms with Gasteiger partial charge in [0.1, 0.15) is 0 Å². The molecule has 3 nitrogen and oxygen atoms in total. The predicted octanol–water partition coefficient (Wildman–Crippen LogP) is 2.89. The Hall–Kier alpha value is -0.550. The van der Waals surface area contributed by atoms with Crippen LogP contribution in [-0.2, 0) is 9.47 Å². The van der Waals surface area contributed by atoms with Crippen molar-refractivity contribution in [2.24, 2.45) is 0 Å². The molecule has 1 N–H and O–H groups in total. The minimum atomic E-state index is -0.395. The number of methoxy groups -OCH3 is 1. The number of ether oxygens (including phenoxy) is 2. The minimum absolute atomic E-state index is 0.395. The van der Waals surface area contributed by atoms with E-state index >= 15 is 0 Å². The van der Waals surface area contributed by atoms with Crippen LogP contribution < -0.4 is 0 Å². The largest absolute Gasteiger partial charge is 0.389 e. The summed E-state index contributed by atoms with van der Waals surface area (Å²) in [6, 6.07) is 8.01. The Kier molecular flexibility index (Phi) is 8.09. The molecule has 0 saturated carbocycles. The van der Waals surface area contributed by atoms with Crippen LogP contribution in [0, 0.1) is 0 Å². The Morgan fingerprint density at radius 2 is 1.89 bits per heavy atom. The van der Waals surface area contributed by atoms with E-state index in [1.165, 1.54) is 4.90 Å². The summed E-state index contributed by atoms with van der Waals surface area (Å²) in [6.07, 6.45) is 0.553. The Bertz CT molecular complexity index is 311. The quantitative estimate of drug-likeness (QED) is 0.553. The molecule has 1 atom stereocenters. The zero-order valence-corrected chi connectivity index (χ0v) is 11.9. The van der Waals surface area contributed by atoms with Crippen molar-refractivity contribution < 1.29 is 14.6 Å². The van der Waals surface area contributed by atoms with Crippen LogP contribution in [0.3, 0.4) is 0 Å². The van der Waals surface area contributed by atoms with Gasteiger partial charge in [-0.2, -0.15) is 0 Å². The highest BCUT2D eigenvalue weighted by molar-refractivity contribution is 7.99. The SMILES string of the molecule is COCCCOCCSc1ccc(C(C)O)cc1. The van der Waals surface area contributed by atoms with E-state index in [2.05, 4.69) is 0 Å². The van der Waals surface area contributed by atoms with Crippen LogP contribution in [0.25, 0.3) is 0 Å². The van der Waals surface area contributed by atoms with Crippen molar-refractivity contribution in [3.05, 3.63) is 29.8 Å². The monoisotopic (exact) mass is 270 g/mol. The molecule has 0 amide bonds. The van der Waals surface area contributed by atoms with Crippen molar-refractivity contribution in [1.82, 2.24) is 0 Å². The summed E-state index contributed by atoms with van der Waals surface area (Å²) in [6.45, 7) is 4.05. The van der Waals surface area contributed by atoms with Gasteiger partial charge in [0.25, 0.3) is 0 Å². The molecule has 18 heavy (non-hydrogen) atoms. The van der Waals surface area contributed by atoms with E-state index in [1.54, 1.807) is 25.8 Å². The van der Waals surface area contributed by atoms with E-state index in [0.29, 0.717) is 0 Å². The maximum Gasteiger partial charge on any atom is 0.0761 e. The maximum absolute atomic E-state index is 9.39. The molecule has 1 aromatic rings. The van der Waals surface area contributed by atoms with Gasteiger partial charge in [0.05, 0.1) is 12.7 Å². The summed E-state index contributed by atoms with van der Waals surface area (Å²) in [4.78, 5) is 1.21. The molecule has 102 valence electrons. The van der Waals surface area contributed by atoms with Gasteiger partial charge in [-0.25, -0.2) is 0 Å². The van der Waals surface area contributed by atoms with Gasteiger partial charge in [-0.05, 0) is 31.0 Å². The van der Waals surface area contributed by atoms with E-state index in [-0.39, 0.29) is 0 Å². The first-order valence-corrected chi connectivity index (χ1v) is 7.20. The third-order valence-electron chi connectivity index (χ3n) is 2.50. The molecule has 0 aliphatic heterocycles. The zero-order chi connectivity index (χ0) is 13.2. The van der Waals surface area contributed by atoms with Gasteiger partial charge in [0.2, 0.25) is 0 Å². The Labute approximate surface area is 113 Å². The highest BCUT2D eigenvalue weighted by atomic mass is 32.2. The summed E-state index contributed by atoms with van der Waals surface area (Å²) in [5.41, 5.74) is 0.954. The topological polar surface area (TPSA) is 38.7 Å². The average molecular weight is 270 g/mol. The highest BCUT2D eigenvalue weighted by Crippen LogP contribution is 2.20. The van der Waals surface area contributed by atoms with Gasteiger partial charge in [0, 0.05) is 31.0 Å². The summed E-state index contributed by atoms with van der Waals surface area (Å²) in [5.74, 6) is 0.945. The molecule has 0 bridgehead atoms. The van der Waals surface area contributed by atoms with Crippen LogP contribution in [0.4, 0.5) is 0 Å². The van der Waals surface area contributed by atoms with Crippen LogP contribution >= 0.6 is 11.8 Å². The number of hydrogen-bond acceptors (Lipinski definition) is 4. The lowest BCUT2D eigenvalue weighted by molar-refractivity contribution is 0.113. The lowest BCUT2D eigenvalue weighted by Crippen LogP contribution is -2.02. The molecular weight excluding hydrogens is 248 g/mol. The van der Waals surface area contributed by atoms with Crippen molar-refractivity contribution in [1.29, 1.82) is 0 Å². The molecule has 0 spiro atoms. The second kappa shape index (κ2) is 9.39. The summed E-state index contributed by atoms with van der Waals surface area (Å²) < 4.78 is 10.4. The highest BCUT2D eigenvalue weighted by Gasteiger charge is 2.00. The lowest BCUT2D eigenvalue weighted by atomic mass is 10.1. The predicted molar refractivity (Wildman–Crippen MR) is 75.1 cm³/mol. The Balaban J connectivity index is 2.12. The van der Waals surface area contributed by atoms with Crippen molar-refractivity contribution in [3.63, 3.8) is 0 Å². The van der Waals surface area contributed by atoms with Gasteiger partial charge < -0.3 is 14.6 Å². The van der Waals surface area contributed by atoms with Crippen LogP contribution in [0.5, 0.6) is 0 Å². The van der Waals surface area contributed by atoms with Gasteiger partial charge in [-0.15, -0.1) is 11.8 Å². The van der Waals surface area contributed by atoms with E-state index in [4.69, 9.17) is 9.47 Å². The Morgan fingerprint density at radius 3 is 2.50 bits per heavy atom. The fourth-order valence-electron chi connectivity index (χ4n) is 1.47. The smallest absolute Gasteiger partial charge is 0.0761 e. The fraction of sp³-hybridized carbons (Fsp3) is 0.571. The number of hydrogen-bond donors (Lipinski definition) is 1. The minimum Gasteiger partial charge on any atom is -0.389 e. The number of rotatable bonds is 9. The fourth-order valence-corrected chi connectivity index (χ4v) is 2.23. The van der Waals surface area contributed by atoms with E-state index < -0.39 is 6.10 Å². The van der Waals surface area contributed by atoms with Crippen LogP contribution in [0.15, 0.2) is 29.2 Å². The Morgan fingerprint density at radius 1 is 1.17 bits per heavy atom. The van der Waals surface area contributed by atoms with Crippen LogP contribution in [-0.4, -0.2) is 37.8 Å². The summed E-state index contributed by atoms with van der Waals surface area (Å²) in [5, 5.41) is 9.39. The number of aliphatic hydroxyl groups is 1. The normalized spacial score (nSPS) is 12.6. The molecule has 1 aromatic carbocycles. The van der Waals surface area contributed by atoms with E-state index in [9.17, 15) is 5.11 Å². The third kappa shape index (κ3) is 6.40. The molecule has 4 heteroatoms. The third-order valence-corrected chi connectivity index (χ3v) is 3.47. The van der Waals surface area contributed by atoms with Gasteiger partial charge in [-0.3, -0.25) is 0 Å². The number of aliphatic hydroxyl groups excluding tert-OH is 1. The molecule has 0 radical (unpaired) electrons. The molecule has 0 heterocycles. The van der Waals surface area contributed by atoms with Crippen molar-refractivity contribution >= 4 is 11.8 Å². The lowest BCUT2D eigenvalue weighted by Gasteiger charge is -2.06.